The second-order valence-electron chi connectivity index (χ2n) is 5.52. The van der Waals surface area contributed by atoms with Crippen molar-refractivity contribution in [3.8, 4) is 0 Å². The summed E-state index contributed by atoms with van der Waals surface area (Å²) in [5, 5.41) is 0. The van der Waals surface area contributed by atoms with Gasteiger partial charge in [-0.05, 0) is 62.7 Å². The average Bonchev–Trinajstić information content (AvgIpc) is 2.15. The van der Waals surface area contributed by atoms with Crippen molar-refractivity contribution in [3.63, 3.8) is 0 Å². The summed E-state index contributed by atoms with van der Waals surface area (Å²) in [7, 11) is 0. The molecule has 1 nitrogen and oxygen atoms in total. The van der Waals surface area contributed by atoms with Crippen LogP contribution in [0.5, 0.6) is 0 Å². The average molecular weight is 193 g/mol. The van der Waals surface area contributed by atoms with Gasteiger partial charge >= 0.3 is 0 Å². The maximum atomic E-state index is 5.62. The Kier molecular flexibility index (Phi) is 2.31. The molecule has 0 atom stereocenters. The van der Waals surface area contributed by atoms with Gasteiger partial charge in [0.05, 0.1) is 6.61 Å². The van der Waals surface area contributed by atoms with Gasteiger partial charge in [-0.2, -0.15) is 0 Å². The summed E-state index contributed by atoms with van der Waals surface area (Å²) in [6.07, 6.45) is 7.53. The van der Waals surface area contributed by atoms with Gasteiger partial charge in [0.2, 0.25) is 0 Å². The van der Waals surface area contributed by atoms with Crippen molar-refractivity contribution in [1.82, 2.24) is 0 Å². The molecule has 1 heteroatoms. The van der Waals surface area contributed by atoms with Crippen LogP contribution in [0.25, 0.3) is 0 Å². The van der Waals surface area contributed by atoms with E-state index in [-0.39, 0.29) is 0 Å². The van der Waals surface area contributed by atoms with E-state index in [1.54, 1.807) is 12.3 Å². The van der Waals surface area contributed by atoms with E-state index in [4.69, 9.17) is 4.74 Å². The lowest BCUT2D eigenvalue weighted by Crippen LogP contribution is -2.45. The van der Waals surface area contributed by atoms with E-state index in [1.165, 1.54) is 25.7 Å². The van der Waals surface area contributed by atoms with E-state index in [0.29, 0.717) is 0 Å². The quantitative estimate of drug-likeness (QED) is 0.669. The lowest BCUT2D eigenvalue weighted by molar-refractivity contribution is 0.0117. The molecule has 4 fully saturated rings. The van der Waals surface area contributed by atoms with Crippen LogP contribution in [0.15, 0.2) is 0 Å². The van der Waals surface area contributed by atoms with E-state index in [2.05, 4.69) is 6.92 Å². The number of hydrogen-bond acceptors (Lipinski definition) is 1. The molecule has 79 valence electrons. The molecule has 0 unspecified atom stereocenters. The van der Waals surface area contributed by atoms with Crippen LogP contribution in [-0.4, -0.2) is 13.2 Å². The molecule has 0 spiro atoms. The summed E-state index contributed by atoms with van der Waals surface area (Å²) in [5.41, 5.74) is 0. The van der Waals surface area contributed by atoms with Gasteiger partial charge in [-0.15, -0.1) is 0 Å². The Balaban J connectivity index is 1.69. The highest BCUT2D eigenvalue weighted by molar-refractivity contribution is 5.13. The minimum absolute atomic E-state index is 0.885. The first-order valence-electron chi connectivity index (χ1n) is 6.30. The lowest BCUT2D eigenvalue weighted by Gasteiger charge is -2.54. The van der Waals surface area contributed by atoms with Gasteiger partial charge in [0, 0.05) is 12.5 Å². The molecule has 0 heterocycles. The monoisotopic (exact) mass is 193 g/mol. The molecule has 4 saturated carbocycles. The minimum Gasteiger partial charge on any atom is -0.381 e. The first-order chi connectivity index (χ1) is 6.86. The molecule has 0 N–H and O–H groups in total. The second kappa shape index (κ2) is 3.52. The number of hydrogen-bond donors (Lipinski definition) is 0. The zero-order valence-corrected chi connectivity index (χ0v) is 9.17. The minimum atomic E-state index is 0.885. The molecule has 0 amide bonds. The third-order valence-electron chi connectivity index (χ3n) is 4.66. The Morgan fingerprint density at radius 3 is 2.07 bits per heavy atom. The molecule has 0 aliphatic heterocycles. The summed E-state index contributed by atoms with van der Waals surface area (Å²) in [4.78, 5) is 0. The summed E-state index contributed by atoms with van der Waals surface area (Å²) >= 11 is 0. The Morgan fingerprint density at radius 2 is 1.57 bits per heavy atom. The summed E-state index contributed by atoms with van der Waals surface area (Å²) < 4.78 is 5.62. The van der Waals surface area contributed by atoms with Crippen LogP contribution in [0, 0.1) is 29.6 Å². The smallest absolute Gasteiger partial charge is 0.0534 e. The molecule has 0 aromatic carbocycles. The van der Waals surface area contributed by atoms with E-state index < -0.39 is 0 Å². The number of ether oxygens (including phenoxy) is 1. The van der Waals surface area contributed by atoms with E-state index in [1.807, 2.05) is 0 Å². The molecule has 4 aliphatic carbocycles. The Morgan fingerprint density at radius 1 is 1.00 bits per heavy atom. The van der Waals surface area contributed by atoms with Gasteiger partial charge in [-0.1, -0.05) is 0 Å². The summed E-state index contributed by atoms with van der Waals surface area (Å²) in [5.74, 6) is 5.88. The van der Waals surface area contributed by atoms with E-state index in [9.17, 15) is 0 Å². The van der Waals surface area contributed by atoms with Crippen LogP contribution in [0.2, 0.25) is 0 Å². The molecule has 14 heavy (non-hydrogen) atoms. The van der Waals surface area contributed by atoms with Crippen LogP contribution in [0.1, 0.15) is 39.0 Å². The third-order valence-corrected chi connectivity index (χ3v) is 4.66. The predicted molar refractivity (Wildman–Crippen MR) is 56.8 cm³/mol. The SMILES string of the molecule is CCOC[C]1C2CC3CC(C2)CC1C3. The third kappa shape index (κ3) is 1.41. The van der Waals surface area contributed by atoms with E-state index in [0.717, 1.165) is 36.9 Å². The molecule has 0 aromatic rings. The van der Waals surface area contributed by atoms with Crippen LogP contribution < -0.4 is 0 Å². The van der Waals surface area contributed by atoms with Gasteiger partial charge in [-0.25, -0.2) is 0 Å². The highest BCUT2D eigenvalue weighted by Gasteiger charge is 2.48. The highest BCUT2D eigenvalue weighted by Crippen LogP contribution is 2.57. The van der Waals surface area contributed by atoms with Crippen molar-refractivity contribution in [2.24, 2.45) is 23.7 Å². The molecule has 0 aromatic heterocycles. The maximum Gasteiger partial charge on any atom is 0.0534 e. The largest absolute Gasteiger partial charge is 0.381 e. The first kappa shape index (κ1) is 9.21. The molecular formula is C13H21O. The normalized spacial score (nSPS) is 46.1. The Hall–Kier alpha value is -0.0400. The molecule has 4 rings (SSSR count). The maximum absolute atomic E-state index is 5.62. The first-order valence-corrected chi connectivity index (χ1v) is 6.30. The van der Waals surface area contributed by atoms with E-state index >= 15 is 0 Å². The van der Waals surface area contributed by atoms with Crippen molar-refractivity contribution < 1.29 is 4.74 Å². The van der Waals surface area contributed by atoms with Crippen LogP contribution in [-0.2, 0) is 4.74 Å². The molecule has 4 bridgehead atoms. The fraction of sp³-hybridized carbons (Fsp3) is 0.923. The van der Waals surface area contributed by atoms with Crippen molar-refractivity contribution in [2.45, 2.75) is 39.0 Å². The zero-order valence-electron chi connectivity index (χ0n) is 9.17. The fourth-order valence-electron chi connectivity index (χ4n) is 4.25. The standard InChI is InChI=1S/C13H21O/c1-2-14-8-13-11-4-9-3-10(6-11)7-12(13)5-9/h9-12H,2-8H2,1H3. The molecule has 4 aliphatic rings. The van der Waals surface area contributed by atoms with Gasteiger partial charge in [0.1, 0.15) is 0 Å². The van der Waals surface area contributed by atoms with Crippen LogP contribution >= 0.6 is 0 Å². The summed E-state index contributed by atoms with van der Waals surface area (Å²) in [6.45, 7) is 3.97. The zero-order chi connectivity index (χ0) is 9.54. The van der Waals surface area contributed by atoms with Crippen LogP contribution in [0.3, 0.4) is 0 Å². The second-order valence-corrected chi connectivity index (χ2v) is 5.52. The van der Waals surface area contributed by atoms with Crippen molar-refractivity contribution in [1.29, 1.82) is 0 Å². The summed E-state index contributed by atoms with van der Waals surface area (Å²) in [6, 6.07) is 0. The Bertz CT molecular complexity index is 183. The van der Waals surface area contributed by atoms with Crippen molar-refractivity contribution >= 4 is 0 Å². The Labute approximate surface area is 87.2 Å². The van der Waals surface area contributed by atoms with Gasteiger partial charge in [0.25, 0.3) is 0 Å². The molecular weight excluding hydrogens is 172 g/mol. The predicted octanol–water partition coefficient (Wildman–Crippen LogP) is 3.05. The van der Waals surface area contributed by atoms with Gasteiger partial charge in [0.15, 0.2) is 0 Å². The molecule has 1 radical (unpaired) electrons. The van der Waals surface area contributed by atoms with Crippen LogP contribution in [0.4, 0.5) is 0 Å². The van der Waals surface area contributed by atoms with Gasteiger partial charge < -0.3 is 4.74 Å². The number of rotatable bonds is 3. The lowest BCUT2D eigenvalue weighted by atomic mass is 9.52. The van der Waals surface area contributed by atoms with Crippen molar-refractivity contribution in [3.05, 3.63) is 5.92 Å². The fourth-order valence-corrected chi connectivity index (χ4v) is 4.25. The molecule has 0 saturated heterocycles. The van der Waals surface area contributed by atoms with Crippen molar-refractivity contribution in [2.75, 3.05) is 13.2 Å². The topological polar surface area (TPSA) is 9.23 Å². The highest BCUT2D eigenvalue weighted by atomic mass is 16.5. The van der Waals surface area contributed by atoms with Gasteiger partial charge in [-0.3, -0.25) is 0 Å².